The van der Waals surface area contributed by atoms with Crippen LogP contribution in [0.15, 0.2) is 0 Å². The molecule has 21 heavy (non-hydrogen) atoms. The van der Waals surface area contributed by atoms with E-state index in [4.69, 9.17) is 0 Å². The van der Waals surface area contributed by atoms with E-state index in [-0.39, 0.29) is 5.25 Å². The number of nitrogens with zero attached hydrogens (tertiary/aromatic N) is 2. The highest BCUT2D eigenvalue weighted by Crippen LogP contribution is 2.23. The molecule has 1 atom stereocenters. The van der Waals surface area contributed by atoms with Gasteiger partial charge in [0.1, 0.15) is 17.5 Å². The van der Waals surface area contributed by atoms with Crippen molar-refractivity contribution in [2.45, 2.75) is 44.8 Å². The molecule has 1 unspecified atom stereocenters. The van der Waals surface area contributed by atoms with Gasteiger partial charge in [0, 0.05) is 25.6 Å². The van der Waals surface area contributed by atoms with E-state index in [0.29, 0.717) is 12.3 Å². The van der Waals surface area contributed by atoms with Crippen LogP contribution in [0.2, 0.25) is 0 Å². The van der Waals surface area contributed by atoms with Gasteiger partial charge in [0.05, 0.1) is 11.0 Å². The summed E-state index contributed by atoms with van der Waals surface area (Å²) in [4.78, 5) is 8.99. The van der Waals surface area contributed by atoms with Gasteiger partial charge in [-0.15, -0.1) is 0 Å². The van der Waals surface area contributed by atoms with Crippen LogP contribution in [-0.2, 0) is 16.3 Å². The SMILES string of the molecule is CCCc1nc(NC)c(C)c(NCC2CCCS2(=O)=O)n1. The number of hydrogen-bond acceptors (Lipinski definition) is 6. The minimum absolute atomic E-state index is 0.292. The number of hydrogen-bond donors (Lipinski definition) is 2. The normalized spacial score (nSPS) is 20.4. The molecule has 1 aromatic heterocycles. The standard InChI is InChI=1S/C14H24N4O2S/c1-4-6-12-17-13(15-3)10(2)14(18-12)16-9-11-7-5-8-21(11,19)20/h11H,4-9H2,1-3H3,(H2,15,16,17,18). The fourth-order valence-corrected chi connectivity index (χ4v) is 4.38. The number of sulfone groups is 1. The van der Waals surface area contributed by atoms with Crippen molar-refractivity contribution in [3.8, 4) is 0 Å². The van der Waals surface area contributed by atoms with Crippen LogP contribution in [0.4, 0.5) is 11.6 Å². The molecule has 2 heterocycles. The molecule has 0 saturated carbocycles. The second-order valence-electron chi connectivity index (χ2n) is 5.47. The number of rotatable bonds is 6. The number of aromatic nitrogens is 2. The minimum atomic E-state index is -2.93. The molecular formula is C14H24N4O2S. The van der Waals surface area contributed by atoms with Gasteiger partial charge in [-0.3, -0.25) is 0 Å². The first-order valence-corrected chi connectivity index (χ1v) is 9.20. The number of anilines is 2. The zero-order chi connectivity index (χ0) is 15.5. The highest BCUT2D eigenvalue weighted by molar-refractivity contribution is 7.92. The Hall–Kier alpha value is -1.37. The molecule has 118 valence electrons. The highest BCUT2D eigenvalue weighted by Gasteiger charge is 2.31. The lowest BCUT2D eigenvalue weighted by Gasteiger charge is -2.16. The summed E-state index contributed by atoms with van der Waals surface area (Å²) < 4.78 is 23.8. The molecule has 0 radical (unpaired) electrons. The molecule has 1 aromatic rings. The van der Waals surface area contributed by atoms with E-state index in [0.717, 1.165) is 48.7 Å². The van der Waals surface area contributed by atoms with Crippen LogP contribution in [0, 0.1) is 6.92 Å². The molecule has 2 N–H and O–H groups in total. The first-order valence-electron chi connectivity index (χ1n) is 7.48. The van der Waals surface area contributed by atoms with Gasteiger partial charge in [-0.25, -0.2) is 18.4 Å². The summed E-state index contributed by atoms with van der Waals surface area (Å²) in [6, 6.07) is 0. The largest absolute Gasteiger partial charge is 0.373 e. The molecule has 6 nitrogen and oxygen atoms in total. The summed E-state index contributed by atoms with van der Waals surface area (Å²) in [6.45, 7) is 4.45. The topological polar surface area (TPSA) is 84.0 Å². The maximum Gasteiger partial charge on any atom is 0.154 e. The lowest BCUT2D eigenvalue weighted by Crippen LogP contribution is -2.26. The first-order chi connectivity index (χ1) is 9.97. The Morgan fingerprint density at radius 1 is 1.29 bits per heavy atom. The molecular weight excluding hydrogens is 288 g/mol. The second kappa shape index (κ2) is 6.60. The maximum absolute atomic E-state index is 11.9. The van der Waals surface area contributed by atoms with Gasteiger partial charge in [-0.1, -0.05) is 6.92 Å². The van der Waals surface area contributed by atoms with Gasteiger partial charge in [0.25, 0.3) is 0 Å². The molecule has 0 bridgehead atoms. The monoisotopic (exact) mass is 312 g/mol. The van der Waals surface area contributed by atoms with Crippen molar-refractivity contribution < 1.29 is 8.42 Å². The Morgan fingerprint density at radius 2 is 2.00 bits per heavy atom. The average Bonchev–Trinajstić information content (AvgIpc) is 2.78. The van der Waals surface area contributed by atoms with E-state index in [2.05, 4.69) is 27.5 Å². The van der Waals surface area contributed by atoms with E-state index in [1.807, 2.05) is 14.0 Å². The number of aryl methyl sites for hydroxylation is 1. The quantitative estimate of drug-likeness (QED) is 0.833. The fraction of sp³-hybridized carbons (Fsp3) is 0.714. The zero-order valence-electron chi connectivity index (χ0n) is 12.9. The van der Waals surface area contributed by atoms with Crippen molar-refractivity contribution in [1.29, 1.82) is 0 Å². The maximum atomic E-state index is 11.9. The van der Waals surface area contributed by atoms with Crippen LogP contribution < -0.4 is 10.6 Å². The van der Waals surface area contributed by atoms with Crippen molar-refractivity contribution in [2.75, 3.05) is 30.0 Å². The molecule has 0 amide bonds. The van der Waals surface area contributed by atoms with E-state index < -0.39 is 9.84 Å². The van der Waals surface area contributed by atoms with E-state index >= 15 is 0 Å². The third-order valence-corrected chi connectivity index (χ3v) is 6.14. The van der Waals surface area contributed by atoms with Gasteiger partial charge in [-0.2, -0.15) is 0 Å². The summed E-state index contributed by atoms with van der Waals surface area (Å²) in [5.41, 5.74) is 0.924. The van der Waals surface area contributed by atoms with Gasteiger partial charge >= 0.3 is 0 Å². The zero-order valence-corrected chi connectivity index (χ0v) is 13.8. The summed E-state index contributed by atoms with van der Waals surface area (Å²) >= 11 is 0. The van der Waals surface area contributed by atoms with E-state index in [1.165, 1.54) is 0 Å². The van der Waals surface area contributed by atoms with Gasteiger partial charge < -0.3 is 10.6 Å². The Kier molecular flexibility index (Phi) is 5.03. The van der Waals surface area contributed by atoms with Crippen LogP contribution in [0.1, 0.15) is 37.6 Å². The van der Waals surface area contributed by atoms with Crippen LogP contribution in [-0.4, -0.2) is 43.0 Å². The molecule has 7 heteroatoms. The summed E-state index contributed by atoms with van der Waals surface area (Å²) in [5, 5.41) is 5.99. The molecule has 0 aromatic carbocycles. The Bertz CT molecular complexity index is 601. The van der Waals surface area contributed by atoms with Gasteiger partial charge in [0.15, 0.2) is 9.84 Å². The second-order valence-corrected chi connectivity index (χ2v) is 7.87. The lowest BCUT2D eigenvalue weighted by atomic mass is 10.2. The Labute approximate surface area is 126 Å². The molecule has 0 aliphatic carbocycles. The molecule has 1 aliphatic rings. The van der Waals surface area contributed by atoms with Crippen molar-refractivity contribution in [1.82, 2.24) is 9.97 Å². The smallest absolute Gasteiger partial charge is 0.154 e. The molecule has 0 spiro atoms. The predicted molar refractivity (Wildman–Crippen MR) is 85.6 cm³/mol. The van der Waals surface area contributed by atoms with E-state index in [1.54, 1.807) is 0 Å². The molecule has 1 fully saturated rings. The molecule has 1 aliphatic heterocycles. The van der Waals surface area contributed by atoms with Gasteiger partial charge in [-0.05, 0) is 26.2 Å². The third kappa shape index (κ3) is 3.64. The first kappa shape index (κ1) is 16.0. The summed E-state index contributed by atoms with van der Waals surface area (Å²) in [7, 11) is -1.10. The Morgan fingerprint density at radius 3 is 2.57 bits per heavy atom. The highest BCUT2D eigenvalue weighted by atomic mass is 32.2. The van der Waals surface area contributed by atoms with Crippen LogP contribution in [0.25, 0.3) is 0 Å². The third-order valence-electron chi connectivity index (χ3n) is 3.86. The minimum Gasteiger partial charge on any atom is -0.373 e. The van der Waals surface area contributed by atoms with Gasteiger partial charge in [0.2, 0.25) is 0 Å². The Balaban J connectivity index is 2.17. The van der Waals surface area contributed by atoms with E-state index in [9.17, 15) is 8.42 Å². The lowest BCUT2D eigenvalue weighted by molar-refractivity contribution is 0.591. The summed E-state index contributed by atoms with van der Waals surface area (Å²) in [5.74, 6) is 2.62. The summed E-state index contributed by atoms with van der Waals surface area (Å²) in [6.07, 6.45) is 3.29. The number of nitrogens with one attached hydrogen (secondary N) is 2. The predicted octanol–water partition coefficient (Wildman–Crippen LogP) is 1.77. The van der Waals surface area contributed by atoms with Crippen LogP contribution >= 0.6 is 0 Å². The molecule has 1 saturated heterocycles. The van der Waals surface area contributed by atoms with Crippen molar-refractivity contribution >= 4 is 21.5 Å². The fourth-order valence-electron chi connectivity index (χ4n) is 2.61. The average molecular weight is 312 g/mol. The van der Waals surface area contributed by atoms with Crippen LogP contribution in [0.3, 0.4) is 0 Å². The van der Waals surface area contributed by atoms with Crippen molar-refractivity contribution in [3.05, 3.63) is 11.4 Å². The van der Waals surface area contributed by atoms with Crippen molar-refractivity contribution in [3.63, 3.8) is 0 Å². The molecule has 2 rings (SSSR count). The van der Waals surface area contributed by atoms with Crippen molar-refractivity contribution in [2.24, 2.45) is 0 Å². The van der Waals surface area contributed by atoms with Crippen LogP contribution in [0.5, 0.6) is 0 Å².